The van der Waals surface area contributed by atoms with Crippen LogP contribution < -0.4 is 10.2 Å². The van der Waals surface area contributed by atoms with Crippen LogP contribution in [0.5, 0.6) is 5.75 Å². The lowest BCUT2D eigenvalue weighted by Gasteiger charge is -2.07. The highest BCUT2D eigenvalue weighted by Crippen LogP contribution is 2.32. The third kappa shape index (κ3) is 3.31. The summed E-state index contributed by atoms with van der Waals surface area (Å²) in [6, 6.07) is 11.9. The third-order valence-electron chi connectivity index (χ3n) is 2.90. The molecule has 3 rings (SSSR count). The molecule has 1 heterocycles. The minimum atomic E-state index is 0.734. The fourth-order valence-corrected chi connectivity index (χ4v) is 4.20. The van der Waals surface area contributed by atoms with Crippen LogP contribution in [-0.2, 0) is 0 Å². The summed E-state index contributed by atoms with van der Waals surface area (Å²) in [5.41, 5.74) is 4.79. The van der Waals surface area contributed by atoms with Crippen LogP contribution in [0.2, 0.25) is 0 Å². The van der Waals surface area contributed by atoms with Gasteiger partial charge in [-0.25, -0.2) is 4.98 Å². The molecule has 0 aliphatic carbocycles. The zero-order valence-corrected chi connectivity index (χ0v) is 15.5. The summed E-state index contributed by atoms with van der Waals surface area (Å²) in [7, 11) is 1.63. The fourth-order valence-electron chi connectivity index (χ4n) is 1.97. The summed E-state index contributed by atoms with van der Waals surface area (Å²) in [4.78, 5) is 4.47. The van der Waals surface area contributed by atoms with Crippen LogP contribution in [0, 0.1) is 0 Å². The van der Waals surface area contributed by atoms with Gasteiger partial charge in [0.1, 0.15) is 5.75 Å². The maximum atomic E-state index is 5.38. The molecule has 0 aliphatic rings. The number of fused-ring (bicyclic) bond motifs is 1. The number of nitrogens with zero attached hydrogens (tertiary/aromatic N) is 2. The number of thiazole rings is 1. The Morgan fingerprint density at radius 3 is 2.86 bits per heavy atom. The third-order valence-corrected chi connectivity index (χ3v) is 4.89. The van der Waals surface area contributed by atoms with E-state index in [2.05, 4.69) is 47.4 Å². The molecule has 1 aromatic heterocycles. The van der Waals surface area contributed by atoms with Gasteiger partial charge in [0.15, 0.2) is 0 Å². The van der Waals surface area contributed by atoms with Gasteiger partial charge in [0.2, 0.25) is 5.13 Å². The van der Waals surface area contributed by atoms with Gasteiger partial charge in [-0.3, -0.25) is 5.43 Å². The monoisotopic (exact) mass is 439 g/mol. The predicted molar refractivity (Wildman–Crippen MR) is 99.2 cm³/mol. The van der Waals surface area contributed by atoms with Crippen molar-refractivity contribution < 1.29 is 4.74 Å². The molecule has 7 heteroatoms. The standard InChI is InChI=1S/C15H11Br2N3OS/c1-21-14-9(6-10(16)7-11(14)17)8-18-20-15-19-12-4-2-3-5-13(12)22-15/h2-8H,1H3,(H,19,20). The molecule has 4 nitrogen and oxygen atoms in total. The molecule has 112 valence electrons. The average Bonchev–Trinajstić information content (AvgIpc) is 2.89. The molecule has 0 amide bonds. The summed E-state index contributed by atoms with van der Waals surface area (Å²) >= 11 is 8.49. The van der Waals surface area contributed by atoms with E-state index in [9.17, 15) is 0 Å². The summed E-state index contributed by atoms with van der Waals surface area (Å²) in [5.74, 6) is 0.734. The van der Waals surface area contributed by atoms with E-state index in [-0.39, 0.29) is 0 Å². The van der Waals surface area contributed by atoms with Crippen molar-refractivity contribution in [3.05, 3.63) is 50.9 Å². The highest BCUT2D eigenvalue weighted by molar-refractivity contribution is 9.11. The Hall–Kier alpha value is -1.44. The van der Waals surface area contributed by atoms with Crippen molar-refractivity contribution in [2.45, 2.75) is 0 Å². The number of para-hydroxylation sites is 1. The van der Waals surface area contributed by atoms with Gasteiger partial charge in [-0.1, -0.05) is 39.4 Å². The first kappa shape index (κ1) is 15.5. The Bertz CT molecular complexity index is 815. The molecule has 0 unspecified atom stereocenters. The van der Waals surface area contributed by atoms with Gasteiger partial charge in [0.05, 0.1) is 28.0 Å². The van der Waals surface area contributed by atoms with E-state index in [4.69, 9.17) is 4.74 Å². The second-order valence-corrected chi connectivity index (χ2v) is 7.17. The molecular formula is C15H11Br2N3OS. The molecule has 0 atom stereocenters. The van der Waals surface area contributed by atoms with E-state index < -0.39 is 0 Å². The molecule has 0 bridgehead atoms. The summed E-state index contributed by atoms with van der Waals surface area (Å²) in [6.45, 7) is 0. The van der Waals surface area contributed by atoms with Gasteiger partial charge in [0.25, 0.3) is 0 Å². The van der Waals surface area contributed by atoms with Crippen molar-refractivity contribution in [3.8, 4) is 5.75 Å². The lowest BCUT2D eigenvalue weighted by atomic mass is 10.2. The molecule has 0 saturated heterocycles. The van der Waals surface area contributed by atoms with Crippen molar-refractivity contribution in [1.82, 2.24) is 4.98 Å². The molecule has 0 fully saturated rings. The summed E-state index contributed by atoms with van der Waals surface area (Å²) in [6.07, 6.45) is 1.71. The van der Waals surface area contributed by atoms with Crippen LogP contribution in [0.3, 0.4) is 0 Å². The number of anilines is 1. The molecule has 3 aromatic rings. The Balaban J connectivity index is 1.82. The number of hydrogen-bond donors (Lipinski definition) is 1. The van der Waals surface area contributed by atoms with Crippen LogP contribution in [0.1, 0.15) is 5.56 Å². The van der Waals surface area contributed by atoms with E-state index in [0.717, 1.165) is 35.6 Å². The number of hydrogen-bond acceptors (Lipinski definition) is 5. The van der Waals surface area contributed by atoms with Gasteiger partial charge in [-0.2, -0.15) is 5.10 Å². The molecule has 0 radical (unpaired) electrons. The minimum absolute atomic E-state index is 0.734. The van der Waals surface area contributed by atoms with Crippen molar-refractivity contribution >= 4 is 64.8 Å². The first-order valence-electron chi connectivity index (χ1n) is 6.35. The molecule has 1 N–H and O–H groups in total. The Kier molecular flexibility index (Phi) is 4.75. The number of ether oxygens (including phenoxy) is 1. The smallest absolute Gasteiger partial charge is 0.204 e. The number of nitrogens with one attached hydrogen (secondary N) is 1. The van der Waals surface area contributed by atoms with Crippen molar-refractivity contribution in [2.24, 2.45) is 5.10 Å². The van der Waals surface area contributed by atoms with E-state index >= 15 is 0 Å². The number of benzene rings is 2. The van der Waals surface area contributed by atoms with Crippen molar-refractivity contribution in [2.75, 3.05) is 12.5 Å². The van der Waals surface area contributed by atoms with Gasteiger partial charge in [-0.15, -0.1) is 0 Å². The molecular weight excluding hydrogens is 430 g/mol. The zero-order valence-electron chi connectivity index (χ0n) is 11.5. The van der Waals surface area contributed by atoms with Crippen LogP contribution in [0.15, 0.2) is 50.4 Å². The van der Waals surface area contributed by atoms with E-state index in [1.54, 1.807) is 24.7 Å². The Labute approximate surface area is 148 Å². The van der Waals surface area contributed by atoms with E-state index in [1.165, 1.54) is 0 Å². The lowest BCUT2D eigenvalue weighted by Crippen LogP contribution is -1.95. The van der Waals surface area contributed by atoms with E-state index in [1.807, 2.05) is 36.4 Å². The number of halogens is 2. The highest BCUT2D eigenvalue weighted by Gasteiger charge is 2.07. The van der Waals surface area contributed by atoms with E-state index in [0.29, 0.717) is 0 Å². The number of methoxy groups -OCH3 is 1. The fraction of sp³-hybridized carbons (Fsp3) is 0.0667. The molecule has 0 saturated carbocycles. The van der Waals surface area contributed by atoms with Crippen LogP contribution in [0.4, 0.5) is 5.13 Å². The maximum Gasteiger partial charge on any atom is 0.204 e. The topological polar surface area (TPSA) is 46.5 Å². The number of rotatable bonds is 4. The number of hydrazone groups is 1. The molecule has 0 aliphatic heterocycles. The number of aromatic nitrogens is 1. The van der Waals surface area contributed by atoms with Crippen molar-refractivity contribution in [3.63, 3.8) is 0 Å². The largest absolute Gasteiger partial charge is 0.495 e. The SMILES string of the molecule is COc1c(Br)cc(Br)cc1C=NNc1nc2ccccc2s1. The molecule has 22 heavy (non-hydrogen) atoms. The van der Waals surface area contributed by atoms with Crippen LogP contribution >= 0.6 is 43.2 Å². The molecule has 0 spiro atoms. The van der Waals surface area contributed by atoms with Gasteiger partial charge < -0.3 is 4.74 Å². The maximum absolute atomic E-state index is 5.38. The second-order valence-electron chi connectivity index (χ2n) is 4.37. The second kappa shape index (κ2) is 6.76. The van der Waals surface area contributed by atoms with Gasteiger partial charge in [-0.05, 0) is 40.2 Å². The van der Waals surface area contributed by atoms with Crippen LogP contribution in [-0.4, -0.2) is 18.3 Å². The Morgan fingerprint density at radius 1 is 1.27 bits per heavy atom. The molecule has 2 aromatic carbocycles. The summed E-state index contributed by atoms with van der Waals surface area (Å²) in [5, 5.41) is 5.00. The van der Waals surface area contributed by atoms with Crippen LogP contribution in [0.25, 0.3) is 10.2 Å². The predicted octanol–water partition coefficient (Wildman–Crippen LogP) is 5.28. The first-order chi connectivity index (χ1) is 10.7. The van der Waals surface area contributed by atoms with Gasteiger partial charge in [0, 0.05) is 10.0 Å². The quantitative estimate of drug-likeness (QED) is 0.443. The normalized spacial score (nSPS) is 11.2. The van der Waals surface area contributed by atoms with Crippen molar-refractivity contribution in [1.29, 1.82) is 0 Å². The Morgan fingerprint density at radius 2 is 2.09 bits per heavy atom. The first-order valence-corrected chi connectivity index (χ1v) is 8.75. The minimum Gasteiger partial charge on any atom is -0.495 e. The summed E-state index contributed by atoms with van der Waals surface area (Å²) < 4.78 is 8.32. The average molecular weight is 441 g/mol. The highest BCUT2D eigenvalue weighted by atomic mass is 79.9. The zero-order chi connectivity index (χ0) is 15.5. The van der Waals surface area contributed by atoms with Gasteiger partial charge >= 0.3 is 0 Å². The lowest BCUT2D eigenvalue weighted by molar-refractivity contribution is 0.411.